The minimum Gasteiger partial charge on any atom is -0.495 e. The number of ether oxygens (including phenoxy) is 1. The summed E-state index contributed by atoms with van der Waals surface area (Å²) in [5.41, 5.74) is 3.52. The van der Waals surface area contributed by atoms with E-state index in [4.69, 9.17) is 17.0 Å². The van der Waals surface area contributed by atoms with Gasteiger partial charge < -0.3 is 10.1 Å². The maximum atomic E-state index is 13.6. The van der Waals surface area contributed by atoms with Crippen molar-refractivity contribution in [1.29, 1.82) is 0 Å². The number of amides is 3. The molecule has 1 heterocycles. The Hall–Kier alpha value is -4.31. The number of anilines is 2. The van der Waals surface area contributed by atoms with Gasteiger partial charge >= 0.3 is 0 Å². The fourth-order valence-corrected chi connectivity index (χ4v) is 4.01. The van der Waals surface area contributed by atoms with E-state index < -0.39 is 29.6 Å². The first-order valence-corrected chi connectivity index (χ1v) is 11.0. The number of para-hydroxylation sites is 3. The van der Waals surface area contributed by atoms with Crippen LogP contribution in [0.4, 0.5) is 15.8 Å². The quantitative estimate of drug-likeness (QED) is 0.491. The molecule has 35 heavy (non-hydrogen) atoms. The van der Waals surface area contributed by atoms with Crippen molar-refractivity contribution in [3.8, 4) is 5.75 Å². The van der Waals surface area contributed by atoms with Crippen LogP contribution in [0.15, 0.2) is 78.9 Å². The summed E-state index contributed by atoms with van der Waals surface area (Å²) in [6.45, 7) is 0. The fraction of sp³-hybridized carbons (Fsp3) is 0.120. The average molecular weight is 493 g/mol. The molecule has 4 rings (SSSR count). The van der Waals surface area contributed by atoms with E-state index in [1.807, 2.05) is 0 Å². The van der Waals surface area contributed by atoms with Crippen molar-refractivity contribution in [3.63, 3.8) is 0 Å². The van der Waals surface area contributed by atoms with Crippen LogP contribution in [-0.4, -0.2) is 41.0 Å². The number of hydrogen-bond donors (Lipinski definition) is 2. The van der Waals surface area contributed by atoms with Gasteiger partial charge in [0.15, 0.2) is 0 Å². The first-order chi connectivity index (χ1) is 16.9. The molecule has 3 amide bonds. The fourth-order valence-electron chi connectivity index (χ4n) is 3.64. The van der Waals surface area contributed by atoms with E-state index in [1.165, 1.54) is 35.2 Å². The second kappa shape index (κ2) is 10.3. The number of nitrogens with zero attached hydrogens (tertiary/aromatic N) is 2. The first kappa shape index (κ1) is 23.8. The maximum absolute atomic E-state index is 13.6. The first-order valence-electron chi connectivity index (χ1n) is 10.6. The van der Waals surface area contributed by atoms with Crippen molar-refractivity contribution in [1.82, 2.24) is 10.4 Å². The summed E-state index contributed by atoms with van der Waals surface area (Å²) in [6, 6.07) is 19.5. The lowest BCUT2D eigenvalue weighted by atomic mass is 10.1. The van der Waals surface area contributed by atoms with Crippen LogP contribution < -0.4 is 20.4 Å². The lowest BCUT2D eigenvalue weighted by Gasteiger charge is -2.24. The molecule has 0 radical (unpaired) electrons. The smallest absolute Gasteiger partial charge is 0.269 e. The molecule has 1 unspecified atom stereocenters. The molecule has 0 saturated carbocycles. The molecule has 1 saturated heterocycles. The predicted octanol–water partition coefficient (Wildman–Crippen LogP) is 3.51. The molecule has 0 aliphatic carbocycles. The molecular formula is C25H21FN4O4S. The van der Waals surface area contributed by atoms with Crippen LogP contribution in [0.5, 0.6) is 5.75 Å². The third-order valence-corrected chi connectivity index (χ3v) is 5.68. The number of thiocarbonyl (C=S) groups is 1. The molecule has 178 valence electrons. The van der Waals surface area contributed by atoms with Crippen molar-refractivity contribution >= 4 is 46.4 Å². The highest BCUT2D eigenvalue weighted by molar-refractivity contribution is 7.80. The Labute approximate surface area is 206 Å². The lowest BCUT2D eigenvalue weighted by molar-refractivity contribution is -0.124. The van der Waals surface area contributed by atoms with Gasteiger partial charge in [0.25, 0.3) is 11.8 Å². The lowest BCUT2D eigenvalue weighted by Crippen LogP contribution is -2.49. The molecule has 1 atom stereocenters. The molecule has 1 aliphatic rings. The molecule has 8 nitrogen and oxygen atoms in total. The van der Waals surface area contributed by atoms with Gasteiger partial charge in [-0.25, -0.2) is 9.40 Å². The highest BCUT2D eigenvalue weighted by atomic mass is 32.1. The normalized spacial score (nSPS) is 15.2. The van der Waals surface area contributed by atoms with Gasteiger partial charge in [0.1, 0.15) is 17.6 Å². The summed E-state index contributed by atoms with van der Waals surface area (Å²) in [6.07, 6.45) is -0.316. The van der Waals surface area contributed by atoms with Crippen molar-refractivity contribution in [3.05, 3.63) is 90.2 Å². The molecule has 0 spiro atoms. The van der Waals surface area contributed by atoms with Gasteiger partial charge in [-0.2, -0.15) is 0 Å². The van der Waals surface area contributed by atoms with Gasteiger partial charge in [-0.1, -0.05) is 36.4 Å². The van der Waals surface area contributed by atoms with E-state index in [9.17, 15) is 18.8 Å². The highest BCUT2D eigenvalue weighted by Gasteiger charge is 2.45. The Balaban J connectivity index is 1.60. The number of rotatable bonds is 7. The summed E-state index contributed by atoms with van der Waals surface area (Å²) in [4.78, 5) is 40.4. The van der Waals surface area contributed by atoms with Crippen molar-refractivity contribution in [2.75, 3.05) is 17.3 Å². The van der Waals surface area contributed by atoms with Gasteiger partial charge in [-0.05, 0) is 54.7 Å². The zero-order valence-corrected chi connectivity index (χ0v) is 19.4. The zero-order valence-electron chi connectivity index (χ0n) is 18.6. The summed E-state index contributed by atoms with van der Waals surface area (Å²) in [7, 11) is 1.48. The van der Waals surface area contributed by atoms with E-state index >= 15 is 0 Å². The molecule has 1 fully saturated rings. The predicted molar refractivity (Wildman–Crippen MR) is 132 cm³/mol. The van der Waals surface area contributed by atoms with E-state index in [0.29, 0.717) is 17.1 Å². The van der Waals surface area contributed by atoms with Crippen molar-refractivity contribution in [2.45, 2.75) is 12.5 Å². The molecular weight excluding hydrogens is 471 g/mol. The Morgan fingerprint density at radius 1 is 1.03 bits per heavy atom. The molecule has 1 aliphatic heterocycles. The van der Waals surface area contributed by atoms with Crippen molar-refractivity contribution in [2.24, 2.45) is 0 Å². The molecule has 3 aromatic carbocycles. The van der Waals surface area contributed by atoms with Gasteiger partial charge in [-0.15, -0.1) is 0 Å². The number of carbonyl (C=O) groups excluding carboxylic acids is 3. The van der Waals surface area contributed by atoms with Crippen LogP contribution in [0.1, 0.15) is 16.8 Å². The SMILES string of the molecule is COc1ccccc1NC(=O)CC1C(=O)N(c2ccccc2)C(=S)N1NC(=O)c1cccc(F)c1. The number of hydrazine groups is 1. The van der Waals surface area contributed by atoms with Crippen LogP contribution in [0.25, 0.3) is 0 Å². The molecule has 0 bridgehead atoms. The number of benzene rings is 3. The Bertz CT molecular complexity index is 1290. The second-order valence-electron chi connectivity index (χ2n) is 7.58. The minimum atomic E-state index is -1.13. The largest absolute Gasteiger partial charge is 0.495 e. The molecule has 10 heteroatoms. The van der Waals surface area contributed by atoms with E-state index in [1.54, 1.807) is 54.6 Å². The van der Waals surface area contributed by atoms with Crippen LogP contribution >= 0.6 is 12.2 Å². The average Bonchev–Trinajstić information content (AvgIpc) is 3.08. The Kier molecular flexibility index (Phi) is 7.02. The van der Waals surface area contributed by atoms with Crippen LogP contribution in [-0.2, 0) is 9.59 Å². The third kappa shape index (κ3) is 5.12. The number of carbonyl (C=O) groups is 3. The zero-order chi connectivity index (χ0) is 24.9. The topological polar surface area (TPSA) is 91.0 Å². The summed E-state index contributed by atoms with van der Waals surface area (Å²) < 4.78 is 18.9. The minimum absolute atomic E-state index is 0.0129. The monoisotopic (exact) mass is 492 g/mol. The standard InChI is InChI=1S/C25H21FN4O4S/c1-34-21-13-6-5-12-19(21)27-22(31)15-20-24(33)29(18-10-3-2-4-11-18)25(35)30(20)28-23(32)16-8-7-9-17(26)14-16/h2-14,20H,15H2,1H3,(H,27,31)(H,28,32). The molecule has 3 aromatic rings. The Morgan fingerprint density at radius 3 is 2.46 bits per heavy atom. The Morgan fingerprint density at radius 2 is 1.74 bits per heavy atom. The summed E-state index contributed by atoms with van der Waals surface area (Å²) >= 11 is 5.50. The summed E-state index contributed by atoms with van der Waals surface area (Å²) in [5, 5.41) is 3.88. The van der Waals surface area contributed by atoms with E-state index in [0.717, 1.165) is 6.07 Å². The number of halogens is 1. The van der Waals surface area contributed by atoms with E-state index in [2.05, 4.69) is 10.7 Å². The van der Waals surface area contributed by atoms with E-state index in [-0.39, 0.29) is 17.1 Å². The number of methoxy groups -OCH3 is 1. The van der Waals surface area contributed by atoms with Gasteiger partial charge in [0.05, 0.1) is 24.9 Å². The third-order valence-electron chi connectivity index (χ3n) is 5.30. The molecule has 2 N–H and O–H groups in total. The van der Waals surface area contributed by atoms with Crippen molar-refractivity contribution < 1.29 is 23.5 Å². The van der Waals surface area contributed by atoms with Gasteiger partial charge in [0, 0.05) is 5.56 Å². The van der Waals surface area contributed by atoms with Crippen LogP contribution in [0, 0.1) is 5.82 Å². The van der Waals surface area contributed by atoms with Crippen LogP contribution in [0.2, 0.25) is 0 Å². The van der Waals surface area contributed by atoms with Crippen LogP contribution in [0.3, 0.4) is 0 Å². The number of nitrogens with one attached hydrogen (secondary N) is 2. The maximum Gasteiger partial charge on any atom is 0.269 e. The van der Waals surface area contributed by atoms with Gasteiger partial charge in [-0.3, -0.25) is 24.7 Å². The molecule has 0 aromatic heterocycles. The van der Waals surface area contributed by atoms with Gasteiger partial charge in [0.2, 0.25) is 11.0 Å². The highest BCUT2D eigenvalue weighted by Crippen LogP contribution is 2.27. The second-order valence-corrected chi connectivity index (χ2v) is 7.95. The summed E-state index contributed by atoms with van der Waals surface area (Å²) in [5.74, 6) is -1.79. The number of hydrogen-bond acceptors (Lipinski definition) is 5.